The van der Waals surface area contributed by atoms with Crippen LogP contribution in [0.5, 0.6) is 0 Å². The van der Waals surface area contributed by atoms with Crippen LogP contribution in [0.3, 0.4) is 0 Å². The molecule has 5 rings (SSSR count). The lowest BCUT2D eigenvalue weighted by Crippen LogP contribution is -2.28. The molecule has 0 radical (unpaired) electrons. The van der Waals surface area contributed by atoms with Gasteiger partial charge in [-0.15, -0.1) is 12.4 Å². The number of fused-ring (bicyclic) bond motifs is 4. The molecule has 1 fully saturated rings. The summed E-state index contributed by atoms with van der Waals surface area (Å²) in [5.74, 6) is 1.10. The molecule has 134 valence electrons. The van der Waals surface area contributed by atoms with Crippen molar-refractivity contribution in [3.63, 3.8) is 0 Å². The van der Waals surface area contributed by atoms with E-state index in [9.17, 15) is 9.59 Å². The zero-order valence-corrected chi connectivity index (χ0v) is 15.2. The van der Waals surface area contributed by atoms with Crippen molar-refractivity contribution in [1.82, 2.24) is 10.6 Å². The minimum atomic E-state index is 0. The summed E-state index contributed by atoms with van der Waals surface area (Å²) in [5, 5.41) is 6.50. The van der Waals surface area contributed by atoms with E-state index >= 15 is 0 Å². The molecule has 4 nitrogen and oxygen atoms in total. The molecule has 0 bridgehead atoms. The van der Waals surface area contributed by atoms with E-state index in [1.807, 2.05) is 12.1 Å². The van der Waals surface area contributed by atoms with E-state index in [0.717, 1.165) is 59.4 Å². The maximum absolute atomic E-state index is 12.6. The van der Waals surface area contributed by atoms with Crippen LogP contribution < -0.4 is 10.6 Å². The second-order valence-corrected chi connectivity index (χ2v) is 7.33. The van der Waals surface area contributed by atoms with Crippen LogP contribution in [0.25, 0.3) is 11.1 Å². The summed E-state index contributed by atoms with van der Waals surface area (Å²) in [6.45, 7) is 2.62. The third-order valence-corrected chi connectivity index (χ3v) is 5.93. The maximum Gasteiger partial charge on any atom is 0.251 e. The molecular formula is C21H21ClN2O2. The molecule has 2 aromatic carbocycles. The standard InChI is InChI=1S/C21H20N2O2.ClH/c24-20-6-4-12-1-2-13(7-17(12)20)14-3-5-16-18(8-14)21(25)23-10-15-9-22-11-19(15)16;/h1-3,5,7-8,15,19,22H,4,6,9-11H2,(H,23,25);1H/t15-,19+;/m0./s1. The second-order valence-electron chi connectivity index (χ2n) is 7.33. The first-order valence-electron chi connectivity index (χ1n) is 9.00. The van der Waals surface area contributed by atoms with Gasteiger partial charge in [0.25, 0.3) is 5.91 Å². The number of rotatable bonds is 1. The van der Waals surface area contributed by atoms with Crippen LogP contribution in [-0.4, -0.2) is 31.3 Å². The molecular weight excluding hydrogens is 348 g/mol. The third kappa shape index (κ3) is 2.65. The Kier molecular flexibility index (Phi) is 4.33. The van der Waals surface area contributed by atoms with Crippen LogP contribution >= 0.6 is 12.4 Å². The monoisotopic (exact) mass is 368 g/mol. The van der Waals surface area contributed by atoms with Gasteiger partial charge in [-0.25, -0.2) is 0 Å². The lowest BCUT2D eigenvalue weighted by atomic mass is 9.86. The summed E-state index contributed by atoms with van der Waals surface area (Å²) in [6.07, 6.45) is 1.46. The zero-order valence-electron chi connectivity index (χ0n) is 14.4. The highest BCUT2D eigenvalue weighted by molar-refractivity contribution is 6.02. The average molecular weight is 369 g/mol. The van der Waals surface area contributed by atoms with Crippen LogP contribution in [-0.2, 0) is 6.42 Å². The van der Waals surface area contributed by atoms with Crippen LogP contribution in [0, 0.1) is 5.92 Å². The molecule has 2 aromatic rings. The molecule has 2 heterocycles. The number of benzene rings is 2. The van der Waals surface area contributed by atoms with Gasteiger partial charge in [0, 0.05) is 43.1 Å². The fraction of sp³-hybridized carbons (Fsp3) is 0.333. The van der Waals surface area contributed by atoms with Gasteiger partial charge in [0.05, 0.1) is 0 Å². The van der Waals surface area contributed by atoms with Gasteiger partial charge >= 0.3 is 0 Å². The third-order valence-electron chi connectivity index (χ3n) is 5.93. The Morgan fingerprint density at radius 3 is 2.46 bits per heavy atom. The Morgan fingerprint density at radius 2 is 1.62 bits per heavy atom. The van der Waals surface area contributed by atoms with Gasteiger partial charge in [-0.05, 0) is 46.7 Å². The van der Waals surface area contributed by atoms with Crippen molar-refractivity contribution >= 4 is 24.1 Å². The van der Waals surface area contributed by atoms with Crippen LogP contribution in [0.15, 0.2) is 36.4 Å². The summed E-state index contributed by atoms with van der Waals surface area (Å²) in [6, 6.07) is 12.3. The van der Waals surface area contributed by atoms with Gasteiger partial charge in [0.1, 0.15) is 0 Å². The molecule has 0 aromatic heterocycles. The van der Waals surface area contributed by atoms with E-state index in [0.29, 0.717) is 18.3 Å². The van der Waals surface area contributed by atoms with E-state index in [2.05, 4.69) is 34.9 Å². The van der Waals surface area contributed by atoms with E-state index in [1.54, 1.807) is 0 Å². The lowest BCUT2D eigenvalue weighted by Gasteiger charge is -2.17. The van der Waals surface area contributed by atoms with Crippen LogP contribution in [0.1, 0.15) is 44.2 Å². The van der Waals surface area contributed by atoms with E-state index in [4.69, 9.17) is 0 Å². The molecule has 26 heavy (non-hydrogen) atoms. The molecule has 2 atom stereocenters. The molecule has 1 amide bonds. The topological polar surface area (TPSA) is 58.2 Å². The highest BCUT2D eigenvalue weighted by Gasteiger charge is 2.34. The van der Waals surface area contributed by atoms with Crippen LogP contribution in [0.4, 0.5) is 0 Å². The number of amides is 1. The van der Waals surface area contributed by atoms with Crippen molar-refractivity contribution in [1.29, 1.82) is 0 Å². The fourth-order valence-electron chi connectivity index (χ4n) is 4.50. The van der Waals surface area contributed by atoms with Crippen molar-refractivity contribution < 1.29 is 9.59 Å². The maximum atomic E-state index is 12.6. The number of halogens is 1. The average Bonchev–Trinajstić information content (AvgIpc) is 3.23. The van der Waals surface area contributed by atoms with Crippen molar-refractivity contribution in [2.24, 2.45) is 5.92 Å². The number of nitrogens with one attached hydrogen (secondary N) is 2. The summed E-state index contributed by atoms with van der Waals surface area (Å²) in [7, 11) is 0. The first-order valence-corrected chi connectivity index (χ1v) is 9.00. The molecule has 0 spiro atoms. The Bertz CT molecular complexity index is 909. The number of carbonyl (C=O) groups is 2. The molecule has 3 aliphatic rings. The highest BCUT2D eigenvalue weighted by Crippen LogP contribution is 2.35. The fourth-order valence-corrected chi connectivity index (χ4v) is 4.50. The van der Waals surface area contributed by atoms with Crippen molar-refractivity contribution in [2.45, 2.75) is 18.8 Å². The van der Waals surface area contributed by atoms with E-state index < -0.39 is 0 Å². The van der Waals surface area contributed by atoms with Gasteiger partial charge in [-0.2, -0.15) is 0 Å². The van der Waals surface area contributed by atoms with Crippen molar-refractivity contribution in [3.8, 4) is 11.1 Å². The first-order chi connectivity index (χ1) is 12.2. The number of ketones is 1. The number of hydrogen-bond donors (Lipinski definition) is 2. The second kappa shape index (κ2) is 6.53. The van der Waals surface area contributed by atoms with Crippen molar-refractivity contribution in [2.75, 3.05) is 19.6 Å². The van der Waals surface area contributed by atoms with Crippen molar-refractivity contribution in [3.05, 3.63) is 58.7 Å². The highest BCUT2D eigenvalue weighted by atomic mass is 35.5. The summed E-state index contributed by atoms with van der Waals surface area (Å²) >= 11 is 0. The zero-order chi connectivity index (χ0) is 17.0. The quantitative estimate of drug-likeness (QED) is 0.813. The molecule has 1 saturated heterocycles. The molecule has 0 saturated carbocycles. The normalized spacial score (nSPS) is 23.4. The summed E-state index contributed by atoms with van der Waals surface area (Å²) < 4.78 is 0. The predicted molar refractivity (Wildman–Crippen MR) is 103 cm³/mol. The minimum Gasteiger partial charge on any atom is -0.352 e. The molecule has 2 N–H and O–H groups in total. The Labute approximate surface area is 158 Å². The molecule has 0 unspecified atom stereocenters. The predicted octanol–water partition coefficient (Wildman–Crippen LogP) is 2.95. The Hall–Kier alpha value is -2.17. The smallest absolute Gasteiger partial charge is 0.251 e. The first kappa shape index (κ1) is 17.3. The number of hydrogen-bond acceptors (Lipinski definition) is 3. The SMILES string of the molecule is Cl.O=C1CCc2ccc(-c3ccc4c(c3)C(=O)NC[C@@H]3CNC[C@@H]43)cc21. The number of aryl methyl sites for hydroxylation is 1. The Balaban J connectivity index is 0.00000168. The van der Waals surface area contributed by atoms with Gasteiger partial charge in [-0.3, -0.25) is 9.59 Å². The van der Waals surface area contributed by atoms with Gasteiger partial charge < -0.3 is 10.6 Å². The minimum absolute atomic E-state index is 0. The van der Waals surface area contributed by atoms with E-state index in [-0.39, 0.29) is 24.1 Å². The lowest BCUT2D eigenvalue weighted by molar-refractivity contribution is 0.0951. The van der Waals surface area contributed by atoms with Gasteiger partial charge in [0.2, 0.25) is 0 Å². The van der Waals surface area contributed by atoms with Gasteiger partial charge in [-0.1, -0.05) is 24.3 Å². The van der Waals surface area contributed by atoms with Gasteiger partial charge in [0.15, 0.2) is 5.78 Å². The summed E-state index contributed by atoms with van der Waals surface area (Å²) in [5.41, 5.74) is 5.92. The Morgan fingerprint density at radius 1 is 0.846 bits per heavy atom. The molecule has 2 aliphatic heterocycles. The van der Waals surface area contributed by atoms with E-state index in [1.165, 1.54) is 0 Å². The molecule has 1 aliphatic carbocycles. The molecule has 5 heteroatoms. The largest absolute Gasteiger partial charge is 0.352 e. The van der Waals surface area contributed by atoms with Crippen LogP contribution in [0.2, 0.25) is 0 Å². The number of carbonyl (C=O) groups excluding carboxylic acids is 2. The summed E-state index contributed by atoms with van der Waals surface area (Å²) in [4.78, 5) is 24.6. The number of Topliss-reactive ketones (excluding diaryl/α,β-unsaturated/α-hetero) is 1.